The minimum atomic E-state index is 0.0161. The van der Waals surface area contributed by atoms with E-state index >= 15 is 0 Å². The minimum Gasteiger partial charge on any atom is -0.497 e. The zero-order valence-corrected chi connectivity index (χ0v) is 11.8. The molecule has 5 nitrogen and oxygen atoms in total. The Balaban J connectivity index is 1.84. The van der Waals surface area contributed by atoms with Gasteiger partial charge in [0.25, 0.3) is 0 Å². The summed E-state index contributed by atoms with van der Waals surface area (Å²) in [5, 5.41) is 4.06. The van der Waals surface area contributed by atoms with Gasteiger partial charge in [-0.1, -0.05) is 5.16 Å². The van der Waals surface area contributed by atoms with Crippen molar-refractivity contribution in [3.05, 3.63) is 30.3 Å². The van der Waals surface area contributed by atoms with Gasteiger partial charge in [-0.2, -0.15) is 12.6 Å². The Morgan fingerprint density at radius 2 is 2.15 bits per heavy atom. The number of benzene rings is 1. The molecule has 0 saturated carbocycles. The lowest BCUT2D eigenvalue weighted by molar-refractivity contribution is -0.117. The maximum Gasteiger partial charge on any atom is 0.234 e. The maximum atomic E-state index is 11.8. The molecule has 104 valence electrons. The molecule has 1 aliphatic heterocycles. The molecule has 1 fully saturated rings. The van der Waals surface area contributed by atoms with Gasteiger partial charge in [0.2, 0.25) is 11.8 Å². The molecule has 1 atom stereocenters. The van der Waals surface area contributed by atoms with Crippen LogP contribution in [0.3, 0.4) is 0 Å². The molecule has 1 aliphatic rings. The highest BCUT2D eigenvalue weighted by Crippen LogP contribution is 2.29. The van der Waals surface area contributed by atoms with E-state index in [1.54, 1.807) is 18.1 Å². The SMILES string of the molecule is COc1ccc(-c2cc(N3CC(S)CC3=O)on2)cc1. The van der Waals surface area contributed by atoms with Crippen molar-refractivity contribution in [2.45, 2.75) is 11.7 Å². The molecule has 0 aliphatic carbocycles. The summed E-state index contributed by atoms with van der Waals surface area (Å²) in [6, 6.07) is 9.27. The highest BCUT2D eigenvalue weighted by molar-refractivity contribution is 7.81. The molecule has 0 bridgehead atoms. The first kappa shape index (κ1) is 13.1. The lowest BCUT2D eigenvalue weighted by Gasteiger charge is -2.09. The van der Waals surface area contributed by atoms with Crippen molar-refractivity contribution in [3.8, 4) is 17.0 Å². The molecule has 1 saturated heterocycles. The number of ether oxygens (including phenoxy) is 1. The van der Waals surface area contributed by atoms with Crippen LogP contribution in [0, 0.1) is 0 Å². The Labute approximate surface area is 121 Å². The van der Waals surface area contributed by atoms with Crippen LogP contribution in [0.2, 0.25) is 0 Å². The third kappa shape index (κ3) is 2.38. The molecule has 0 spiro atoms. The average Bonchev–Trinajstić information content (AvgIpc) is 3.05. The first-order chi connectivity index (χ1) is 9.67. The van der Waals surface area contributed by atoms with Crippen LogP contribution >= 0.6 is 12.6 Å². The van der Waals surface area contributed by atoms with Crippen LogP contribution in [0.4, 0.5) is 5.88 Å². The third-order valence-corrected chi connectivity index (χ3v) is 3.60. The van der Waals surface area contributed by atoms with Crippen LogP contribution in [0.5, 0.6) is 5.75 Å². The van der Waals surface area contributed by atoms with Crippen LogP contribution in [-0.4, -0.2) is 30.0 Å². The highest BCUT2D eigenvalue weighted by atomic mass is 32.1. The van der Waals surface area contributed by atoms with Gasteiger partial charge in [0.1, 0.15) is 11.4 Å². The second-order valence-electron chi connectivity index (χ2n) is 4.64. The molecule has 1 aromatic heterocycles. The zero-order chi connectivity index (χ0) is 14.1. The summed E-state index contributed by atoms with van der Waals surface area (Å²) >= 11 is 4.32. The minimum absolute atomic E-state index is 0.0161. The second kappa shape index (κ2) is 5.20. The normalized spacial score (nSPS) is 18.6. The molecule has 1 amide bonds. The maximum absolute atomic E-state index is 11.8. The average molecular weight is 290 g/mol. The van der Waals surface area contributed by atoms with Gasteiger partial charge in [0.05, 0.1) is 7.11 Å². The van der Waals surface area contributed by atoms with Gasteiger partial charge in [0, 0.05) is 29.8 Å². The quantitative estimate of drug-likeness (QED) is 0.882. The van der Waals surface area contributed by atoms with Crippen LogP contribution in [0.15, 0.2) is 34.9 Å². The zero-order valence-electron chi connectivity index (χ0n) is 10.9. The van der Waals surface area contributed by atoms with Crippen molar-refractivity contribution in [3.63, 3.8) is 0 Å². The van der Waals surface area contributed by atoms with Crippen molar-refractivity contribution in [2.24, 2.45) is 0 Å². The van der Waals surface area contributed by atoms with Crippen LogP contribution in [0.1, 0.15) is 6.42 Å². The van der Waals surface area contributed by atoms with E-state index in [1.807, 2.05) is 24.3 Å². The van der Waals surface area contributed by atoms with Crippen LogP contribution in [-0.2, 0) is 4.79 Å². The number of carbonyl (C=O) groups is 1. The van der Waals surface area contributed by atoms with Gasteiger partial charge in [-0.25, -0.2) is 0 Å². The van der Waals surface area contributed by atoms with Gasteiger partial charge in [-0.15, -0.1) is 0 Å². The van der Waals surface area contributed by atoms with Gasteiger partial charge in [0.15, 0.2) is 0 Å². The highest BCUT2D eigenvalue weighted by Gasteiger charge is 2.30. The fourth-order valence-electron chi connectivity index (χ4n) is 2.19. The number of nitrogens with zero attached hydrogens (tertiary/aromatic N) is 2. The Hall–Kier alpha value is -1.95. The third-order valence-electron chi connectivity index (χ3n) is 3.25. The molecule has 3 rings (SSSR count). The van der Waals surface area contributed by atoms with E-state index in [0.717, 1.165) is 11.3 Å². The molecule has 1 aromatic carbocycles. The molecule has 6 heteroatoms. The fourth-order valence-corrected chi connectivity index (χ4v) is 2.51. The molecule has 20 heavy (non-hydrogen) atoms. The smallest absolute Gasteiger partial charge is 0.234 e. The predicted molar refractivity (Wildman–Crippen MR) is 78.2 cm³/mol. The van der Waals surface area contributed by atoms with E-state index < -0.39 is 0 Å². The number of thiol groups is 1. The number of amides is 1. The Morgan fingerprint density at radius 1 is 1.40 bits per heavy atom. The van der Waals surface area contributed by atoms with Crippen molar-refractivity contribution in [1.29, 1.82) is 0 Å². The summed E-state index contributed by atoms with van der Waals surface area (Å²) in [5.41, 5.74) is 1.60. The van der Waals surface area contributed by atoms with E-state index in [2.05, 4.69) is 17.8 Å². The van der Waals surface area contributed by atoms with Crippen LogP contribution in [0.25, 0.3) is 11.3 Å². The second-order valence-corrected chi connectivity index (χ2v) is 5.37. The van der Waals surface area contributed by atoms with Crippen molar-refractivity contribution in [2.75, 3.05) is 18.6 Å². The Morgan fingerprint density at radius 3 is 2.75 bits per heavy atom. The monoisotopic (exact) mass is 290 g/mol. The molecule has 0 N–H and O–H groups in total. The topological polar surface area (TPSA) is 55.6 Å². The molecule has 2 heterocycles. The summed E-state index contributed by atoms with van der Waals surface area (Å²) in [6.07, 6.45) is 0.432. The number of carbonyl (C=O) groups excluding carboxylic acids is 1. The lowest BCUT2D eigenvalue weighted by atomic mass is 10.1. The van der Waals surface area contributed by atoms with E-state index in [9.17, 15) is 4.79 Å². The van der Waals surface area contributed by atoms with Crippen molar-refractivity contribution in [1.82, 2.24) is 5.16 Å². The molecule has 1 unspecified atom stereocenters. The molecule has 0 radical (unpaired) electrons. The largest absolute Gasteiger partial charge is 0.497 e. The molecular formula is C14H14N2O3S. The summed E-state index contributed by atoms with van der Waals surface area (Å²) in [7, 11) is 1.62. The van der Waals surface area contributed by atoms with Crippen molar-refractivity contribution >= 4 is 24.4 Å². The van der Waals surface area contributed by atoms with E-state index in [0.29, 0.717) is 24.5 Å². The first-order valence-electron chi connectivity index (χ1n) is 6.27. The summed E-state index contributed by atoms with van der Waals surface area (Å²) in [4.78, 5) is 13.4. The van der Waals surface area contributed by atoms with Gasteiger partial charge < -0.3 is 9.26 Å². The summed E-state index contributed by atoms with van der Waals surface area (Å²) in [6.45, 7) is 0.555. The number of anilines is 1. The first-order valence-corrected chi connectivity index (χ1v) is 6.78. The van der Waals surface area contributed by atoms with Gasteiger partial charge in [-0.05, 0) is 24.3 Å². The van der Waals surface area contributed by atoms with E-state index in [4.69, 9.17) is 9.26 Å². The van der Waals surface area contributed by atoms with Crippen molar-refractivity contribution < 1.29 is 14.1 Å². The number of rotatable bonds is 3. The van der Waals surface area contributed by atoms with Gasteiger partial charge >= 0.3 is 0 Å². The number of methoxy groups -OCH3 is 1. The number of hydrogen-bond donors (Lipinski definition) is 1. The number of hydrogen-bond acceptors (Lipinski definition) is 5. The standard InChI is InChI=1S/C14H14N2O3S/c1-18-10-4-2-9(3-5-10)12-7-14(19-15-12)16-8-11(20)6-13(16)17/h2-5,7,11,20H,6,8H2,1H3. The molecule has 2 aromatic rings. The predicted octanol–water partition coefficient (Wildman–Crippen LogP) is 2.39. The summed E-state index contributed by atoms with van der Waals surface area (Å²) < 4.78 is 10.4. The number of aromatic nitrogens is 1. The molecular weight excluding hydrogens is 276 g/mol. The Kier molecular flexibility index (Phi) is 3.40. The fraction of sp³-hybridized carbons (Fsp3) is 0.286. The van der Waals surface area contributed by atoms with E-state index in [-0.39, 0.29) is 11.2 Å². The van der Waals surface area contributed by atoms with E-state index in [1.165, 1.54) is 0 Å². The van der Waals surface area contributed by atoms with Gasteiger partial charge in [-0.3, -0.25) is 9.69 Å². The summed E-state index contributed by atoms with van der Waals surface area (Å²) in [5.74, 6) is 1.27. The Bertz CT molecular complexity index is 624. The lowest BCUT2D eigenvalue weighted by Crippen LogP contribution is -2.23. The van der Waals surface area contributed by atoms with Crippen LogP contribution < -0.4 is 9.64 Å².